The van der Waals surface area contributed by atoms with Crippen molar-refractivity contribution in [3.05, 3.63) is 29.3 Å². The molecule has 2 N–H and O–H groups in total. The zero-order chi connectivity index (χ0) is 11.4. The summed E-state index contributed by atoms with van der Waals surface area (Å²) in [5.74, 6) is 0.728. The molecule has 0 aromatic heterocycles. The van der Waals surface area contributed by atoms with Crippen LogP contribution in [0.3, 0.4) is 0 Å². The van der Waals surface area contributed by atoms with E-state index >= 15 is 0 Å². The predicted octanol–water partition coefficient (Wildman–Crippen LogP) is 2.31. The van der Waals surface area contributed by atoms with Crippen molar-refractivity contribution in [1.29, 1.82) is 0 Å². The average molecular weight is 207 g/mol. The molecular formula is C12H17NO2. The molecule has 1 aromatic rings. The van der Waals surface area contributed by atoms with Crippen molar-refractivity contribution in [1.82, 2.24) is 0 Å². The van der Waals surface area contributed by atoms with Crippen molar-refractivity contribution in [2.45, 2.75) is 26.2 Å². The molecule has 3 nitrogen and oxygen atoms in total. The van der Waals surface area contributed by atoms with Gasteiger partial charge in [0.25, 0.3) is 0 Å². The summed E-state index contributed by atoms with van der Waals surface area (Å²) in [6.07, 6.45) is 1.03. The van der Waals surface area contributed by atoms with Gasteiger partial charge in [-0.25, -0.2) is 0 Å². The van der Waals surface area contributed by atoms with Gasteiger partial charge in [-0.15, -0.1) is 0 Å². The molecule has 0 heterocycles. The van der Waals surface area contributed by atoms with Crippen molar-refractivity contribution in [3.63, 3.8) is 0 Å². The number of benzene rings is 1. The van der Waals surface area contributed by atoms with Crippen LogP contribution >= 0.6 is 0 Å². The minimum Gasteiger partial charge on any atom is -0.496 e. The highest BCUT2D eigenvalue weighted by Gasteiger charge is 2.11. The van der Waals surface area contributed by atoms with Crippen molar-refractivity contribution in [3.8, 4) is 5.75 Å². The Labute approximate surface area is 90.2 Å². The first-order chi connectivity index (χ1) is 7.10. The third-order valence-electron chi connectivity index (χ3n) is 2.66. The molecule has 1 unspecified atom stereocenters. The van der Waals surface area contributed by atoms with E-state index in [0.29, 0.717) is 11.5 Å². The molecule has 1 rings (SSSR count). The van der Waals surface area contributed by atoms with Gasteiger partial charge in [0.15, 0.2) is 0 Å². The molecular weight excluding hydrogens is 190 g/mol. The molecule has 0 aliphatic carbocycles. The fourth-order valence-electron chi connectivity index (χ4n) is 1.49. The van der Waals surface area contributed by atoms with E-state index in [2.05, 4.69) is 13.8 Å². The summed E-state index contributed by atoms with van der Waals surface area (Å²) in [6, 6.07) is 5.35. The summed E-state index contributed by atoms with van der Waals surface area (Å²) < 4.78 is 5.25. The first kappa shape index (κ1) is 11.6. The standard InChI is InChI=1S/C12H17NO2/c1-4-8(2)10-6-5-9(12(13)14)7-11(10)15-3/h5-8H,4H2,1-3H3,(H2,13,14). The fraction of sp³-hybridized carbons (Fsp3) is 0.417. The van der Waals surface area contributed by atoms with E-state index in [0.717, 1.165) is 17.7 Å². The monoisotopic (exact) mass is 207 g/mol. The van der Waals surface area contributed by atoms with E-state index in [1.165, 1.54) is 0 Å². The molecule has 0 aliphatic heterocycles. The topological polar surface area (TPSA) is 52.3 Å². The molecule has 15 heavy (non-hydrogen) atoms. The first-order valence-corrected chi connectivity index (χ1v) is 5.07. The van der Waals surface area contributed by atoms with Crippen LogP contribution in [0.25, 0.3) is 0 Å². The van der Waals surface area contributed by atoms with Gasteiger partial charge in [-0.1, -0.05) is 19.9 Å². The van der Waals surface area contributed by atoms with Crippen LogP contribution in [0.2, 0.25) is 0 Å². The highest BCUT2D eigenvalue weighted by Crippen LogP contribution is 2.29. The summed E-state index contributed by atoms with van der Waals surface area (Å²) in [5.41, 5.74) is 6.80. The van der Waals surface area contributed by atoms with Crippen LogP contribution in [-0.4, -0.2) is 13.0 Å². The van der Waals surface area contributed by atoms with Crippen LogP contribution in [0.15, 0.2) is 18.2 Å². The Morgan fingerprint density at radius 2 is 2.20 bits per heavy atom. The zero-order valence-corrected chi connectivity index (χ0v) is 9.41. The Hall–Kier alpha value is -1.51. The van der Waals surface area contributed by atoms with Crippen molar-refractivity contribution < 1.29 is 9.53 Å². The highest BCUT2D eigenvalue weighted by molar-refractivity contribution is 5.93. The summed E-state index contributed by atoms with van der Waals surface area (Å²) in [7, 11) is 1.60. The number of hydrogen-bond acceptors (Lipinski definition) is 2. The summed E-state index contributed by atoms with van der Waals surface area (Å²) in [5, 5.41) is 0. The predicted molar refractivity (Wildman–Crippen MR) is 60.2 cm³/mol. The first-order valence-electron chi connectivity index (χ1n) is 5.07. The number of carbonyl (C=O) groups is 1. The maximum absolute atomic E-state index is 11.0. The Kier molecular flexibility index (Phi) is 3.72. The van der Waals surface area contributed by atoms with Crippen molar-refractivity contribution in [2.24, 2.45) is 5.73 Å². The average Bonchev–Trinajstić information content (AvgIpc) is 2.27. The zero-order valence-electron chi connectivity index (χ0n) is 9.41. The molecule has 0 saturated carbocycles. The smallest absolute Gasteiger partial charge is 0.248 e. The van der Waals surface area contributed by atoms with Gasteiger partial charge in [0.2, 0.25) is 5.91 Å². The molecule has 0 fully saturated rings. The van der Waals surface area contributed by atoms with Crippen molar-refractivity contribution >= 4 is 5.91 Å². The number of rotatable bonds is 4. The number of nitrogens with two attached hydrogens (primary N) is 1. The van der Waals surface area contributed by atoms with Gasteiger partial charge in [0.05, 0.1) is 7.11 Å². The Morgan fingerprint density at radius 1 is 1.53 bits per heavy atom. The molecule has 1 aromatic carbocycles. The highest BCUT2D eigenvalue weighted by atomic mass is 16.5. The SMILES string of the molecule is CCC(C)c1ccc(C(N)=O)cc1OC. The van der Waals surface area contributed by atoms with Crippen LogP contribution in [0.5, 0.6) is 5.75 Å². The van der Waals surface area contributed by atoms with E-state index in [1.807, 2.05) is 6.07 Å². The summed E-state index contributed by atoms with van der Waals surface area (Å²) in [4.78, 5) is 11.0. The lowest BCUT2D eigenvalue weighted by molar-refractivity contribution is 0.1000. The summed E-state index contributed by atoms with van der Waals surface area (Å²) >= 11 is 0. The van der Waals surface area contributed by atoms with Crippen LogP contribution in [-0.2, 0) is 0 Å². The van der Waals surface area contributed by atoms with Crippen LogP contribution < -0.4 is 10.5 Å². The Balaban J connectivity index is 3.14. The molecule has 0 bridgehead atoms. The molecule has 0 aliphatic rings. The van der Waals surface area contributed by atoms with Crippen LogP contribution in [0.1, 0.15) is 42.1 Å². The Bertz CT molecular complexity index is 361. The number of primary amides is 1. The van der Waals surface area contributed by atoms with Crippen LogP contribution in [0.4, 0.5) is 0 Å². The third kappa shape index (κ3) is 2.49. The quantitative estimate of drug-likeness (QED) is 0.823. The largest absolute Gasteiger partial charge is 0.496 e. The molecule has 1 amide bonds. The second kappa shape index (κ2) is 4.82. The molecule has 82 valence electrons. The lowest BCUT2D eigenvalue weighted by Gasteiger charge is -2.14. The van der Waals surface area contributed by atoms with E-state index in [4.69, 9.17) is 10.5 Å². The number of ether oxygens (including phenoxy) is 1. The molecule has 1 atom stereocenters. The molecule has 0 radical (unpaired) electrons. The van der Waals surface area contributed by atoms with Gasteiger partial charge >= 0.3 is 0 Å². The van der Waals surface area contributed by atoms with Gasteiger partial charge in [-0.05, 0) is 30.0 Å². The maximum Gasteiger partial charge on any atom is 0.248 e. The lowest BCUT2D eigenvalue weighted by Crippen LogP contribution is -2.11. The third-order valence-corrected chi connectivity index (χ3v) is 2.66. The Morgan fingerprint density at radius 3 is 2.67 bits per heavy atom. The minimum atomic E-state index is -0.427. The van der Waals surface area contributed by atoms with Gasteiger partial charge in [-0.3, -0.25) is 4.79 Å². The molecule has 0 saturated heterocycles. The summed E-state index contributed by atoms with van der Waals surface area (Å²) in [6.45, 7) is 4.24. The normalized spacial score (nSPS) is 12.2. The van der Waals surface area contributed by atoms with Crippen molar-refractivity contribution in [2.75, 3.05) is 7.11 Å². The number of amides is 1. The van der Waals surface area contributed by atoms with E-state index in [-0.39, 0.29) is 0 Å². The molecule has 3 heteroatoms. The number of hydrogen-bond donors (Lipinski definition) is 1. The number of methoxy groups -OCH3 is 1. The van der Waals surface area contributed by atoms with Gasteiger partial charge in [-0.2, -0.15) is 0 Å². The second-order valence-corrected chi connectivity index (χ2v) is 3.63. The van der Waals surface area contributed by atoms with E-state index in [1.54, 1.807) is 19.2 Å². The maximum atomic E-state index is 11.0. The van der Waals surface area contributed by atoms with Gasteiger partial charge in [0.1, 0.15) is 5.75 Å². The number of carbonyl (C=O) groups excluding carboxylic acids is 1. The second-order valence-electron chi connectivity index (χ2n) is 3.63. The minimum absolute atomic E-state index is 0.418. The van der Waals surface area contributed by atoms with Crippen LogP contribution in [0, 0.1) is 0 Å². The van der Waals surface area contributed by atoms with E-state index in [9.17, 15) is 4.79 Å². The lowest BCUT2D eigenvalue weighted by atomic mass is 9.96. The van der Waals surface area contributed by atoms with E-state index < -0.39 is 5.91 Å². The van der Waals surface area contributed by atoms with Gasteiger partial charge in [0, 0.05) is 5.56 Å². The van der Waals surface area contributed by atoms with Gasteiger partial charge < -0.3 is 10.5 Å². The molecule has 0 spiro atoms. The fourth-order valence-corrected chi connectivity index (χ4v) is 1.49.